The van der Waals surface area contributed by atoms with E-state index < -0.39 is 6.09 Å². The van der Waals surface area contributed by atoms with Gasteiger partial charge in [0.15, 0.2) is 0 Å². The Kier molecular flexibility index (Phi) is 11.5. The number of amides is 2. The first-order chi connectivity index (χ1) is 10.6. The molecule has 5 nitrogen and oxygen atoms in total. The number of hydrogen-bond acceptors (Lipinski definition) is 3. The van der Waals surface area contributed by atoms with E-state index in [4.69, 9.17) is 0 Å². The molecule has 1 rings (SSSR count). The molecule has 0 aliphatic carbocycles. The maximum Gasteiger partial charge on any atom is 0.407 e. The molecular formula is C17H28N2O3. The molecule has 124 valence electrons. The summed E-state index contributed by atoms with van der Waals surface area (Å²) < 4.78 is 4.52. The van der Waals surface area contributed by atoms with Gasteiger partial charge in [0.25, 0.3) is 0 Å². The van der Waals surface area contributed by atoms with Crippen LogP contribution in [0.3, 0.4) is 0 Å². The Morgan fingerprint density at radius 1 is 1.32 bits per heavy atom. The lowest BCUT2D eigenvalue weighted by Crippen LogP contribution is -2.35. The third-order valence-electron chi connectivity index (χ3n) is 2.78. The Morgan fingerprint density at radius 3 is 2.41 bits per heavy atom. The quantitative estimate of drug-likeness (QED) is 0.787. The zero-order valence-electron chi connectivity index (χ0n) is 14.0. The second-order valence-corrected chi connectivity index (χ2v) is 5.09. The van der Waals surface area contributed by atoms with E-state index in [1.165, 1.54) is 13.5 Å². The van der Waals surface area contributed by atoms with Crippen LogP contribution >= 0.6 is 0 Å². The number of nitrogens with one attached hydrogen (secondary N) is 1. The van der Waals surface area contributed by atoms with Crippen molar-refractivity contribution in [2.75, 3.05) is 13.7 Å². The minimum absolute atomic E-state index is 0.0364. The van der Waals surface area contributed by atoms with E-state index in [0.29, 0.717) is 19.5 Å². The van der Waals surface area contributed by atoms with Crippen molar-refractivity contribution in [3.05, 3.63) is 35.9 Å². The van der Waals surface area contributed by atoms with Crippen molar-refractivity contribution in [3.8, 4) is 0 Å². The molecule has 2 amide bonds. The van der Waals surface area contributed by atoms with Crippen LogP contribution in [0.15, 0.2) is 30.3 Å². The lowest BCUT2D eigenvalue weighted by molar-refractivity contribution is -0.118. The summed E-state index contributed by atoms with van der Waals surface area (Å²) in [4.78, 5) is 23.7. The van der Waals surface area contributed by atoms with Crippen LogP contribution in [0.2, 0.25) is 0 Å². The van der Waals surface area contributed by atoms with Gasteiger partial charge in [-0.1, -0.05) is 50.6 Å². The first kappa shape index (κ1) is 20.0. The van der Waals surface area contributed by atoms with Crippen LogP contribution in [0, 0.1) is 0 Å². The van der Waals surface area contributed by atoms with Gasteiger partial charge in [-0.05, 0) is 18.9 Å². The largest absolute Gasteiger partial charge is 0.453 e. The van der Waals surface area contributed by atoms with Crippen LogP contribution in [0.1, 0.15) is 39.2 Å². The van der Waals surface area contributed by atoms with Crippen molar-refractivity contribution in [2.24, 2.45) is 0 Å². The summed E-state index contributed by atoms with van der Waals surface area (Å²) in [7, 11) is 1.33. The highest BCUT2D eigenvalue weighted by Crippen LogP contribution is 2.04. The Morgan fingerprint density at radius 2 is 1.91 bits per heavy atom. The summed E-state index contributed by atoms with van der Waals surface area (Å²) in [6, 6.07) is 9.75. The molecule has 0 bridgehead atoms. The second kappa shape index (κ2) is 12.7. The van der Waals surface area contributed by atoms with Gasteiger partial charge in [0.2, 0.25) is 6.41 Å². The summed E-state index contributed by atoms with van der Waals surface area (Å²) in [5, 5.41) is 2.67. The standard InChI is InChI=1S/C14H20N2O3.C3H8/c1-12(15-14(18)19-2)8-9-16(11-17)10-13-6-4-3-5-7-13;1-3-2/h3-7,11-12H,8-10H2,1-2H3,(H,15,18);3H2,1-2H3/t12-;/m1./s1. The van der Waals surface area contributed by atoms with E-state index in [1.807, 2.05) is 37.3 Å². The molecule has 0 saturated carbocycles. The van der Waals surface area contributed by atoms with Crippen LogP contribution < -0.4 is 5.32 Å². The molecule has 0 aromatic heterocycles. The van der Waals surface area contributed by atoms with Gasteiger partial charge >= 0.3 is 6.09 Å². The number of hydrogen-bond donors (Lipinski definition) is 1. The minimum Gasteiger partial charge on any atom is -0.453 e. The smallest absolute Gasteiger partial charge is 0.407 e. The number of benzene rings is 1. The highest BCUT2D eigenvalue weighted by Gasteiger charge is 2.09. The molecule has 0 radical (unpaired) electrons. The van der Waals surface area contributed by atoms with Gasteiger partial charge in [-0.2, -0.15) is 0 Å². The monoisotopic (exact) mass is 308 g/mol. The minimum atomic E-state index is -0.451. The van der Waals surface area contributed by atoms with Crippen molar-refractivity contribution < 1.29 is 14.3 Å². The maximum atomic E-state index is 11.0. The molecule has 0 heterocycles. The lowest BCUT2D eigenvalue weighted by atomic mass is 10.2. The van der Waals surface area contributed by atoms with Gasteiger partial charge in [0.1, 0.15) is 0 Å². The molecule has 1 atom stereocenters. The maximum absolute atomic E-state index is 11.0. The first-order valence-electron chi connectivity index (χ1n) is 7.65. The van der Waals surface area contributed by atoms with E-state index in [1.54, 1.807) is 4.90 Å². The summed E-state index contributed by atoms with van der Waals surface area (Å²) >= 11 is 0. The van der Waals surface area contributed by atoms with E-state index in [2.05, 4.69) is 23.9 Å². The van der Waals surface area contributed by atoms with Gasteiger partial charge < -0.3 is 15.0 Å². The topological polar surface area (TPSA) is 58.6 Å². The molecule has 5 heteroatoms. The van der Waals surface area contributed by atoms with Crippen LogP contribution in [0.25, 0.3) is 0 Å². The molecule has 1 aromatic carbocycles. The highest BCUT2D eigenvalue weighted by atomic mass is 16.5. The van der Waals surface area contributed by atoms with Gasteiger partial charge in [0, 0.05) is 19.1 Å². The zero-order valence-corrected chi connectivity index (χ0v) is 14.0. The summed E-state index contributed by atoms with van der Waals surface area (Å²) in [5.74, 6) is 0. The Labute approximate surface area is 133 Å². The van der Waals surface area contributed by atoms with Gasteiger partial charge in [0.05, 0.1) is 7.11 Å². The molecular weight excluding hydrogens is 280 g/mol. The van der Waals surface area contributed by atoms with E-state index in [9.17, 15) is 9.59 Å². The van der Waals surface area contributed by atoms with Crippen LogP contribution in [0.4, 0.5) is 4.79 Å². The summed E-state index contributed by atoms with van der Waals surface area (Å²) in [6.45, 7) is 7.29. The highest BCUT2D eigenvalue weighted by molar-refractivity contribution is 5.67. The fourth-order valence-electron chi connectivity index (χ4n) is 1.68. The SMILES string of the molecule is CCC.COC(=O)N[C@H](C)CCN(C=O)Cc1ccccc1. The van der Waals surface area contributed by atoms with Crippen molar-refractivity contribution >= 4 is 12.5 Å². The Hall–Kier alpha value is -2.04. The van der Waals surface area contributed by atoms with Crippen LogP contribution in [-0.4, -0.2) is 37.1 Å². The fraction of sp³-hybridized carbons (Fsp3) is 0.529. The average molecular weight is 308 g/mol. The normalized spacial score (nSPS) is 10.7. The molecule has 0 saturated heterocycles. The second-order valence-electron chi connectivity index (χ2n) is 5.09. The Bertz CT molecular complexity index is 410. The number of carbonyl (C=O) groups excluding carboxylic acids is 2. The molecule has 22 heavy (non-hydrogen) atoms. The molecule has 0 aliphatic rings. The number of carbonyl (C=O) groups is 2. The van der Waals surface area contributed by atoms with Gasteiger partial charge in [-0.3, -0.25) is 4.79 Å². The van der Waals surface area contributed by atoms with Crippen molar-refractivity contribution in [1.82, 2.24) is 10.2 Å². The summed E-state index contributed by atoms with van der Waals surface area (Å²) in [5.41, 5.74) is 1.09. The number of ether oxygens (including phenoxy) is 1. The Balaban J connectivity index is 0.00000135. The first-order valence-corrected chi connectivity index (χ1v) is 7.65. The van der Waals surface area contributed by atoms with Crippen LogP contribution in [0.5, 0.6) is 0 Å². The molecule has 1 N–H and O–H groups in total. The molecule has 0 fully saturated rings. The molecule has 0 spiro atoms. The van der Waals surface area contributed by atoms with E-state index >= 15 is 0 Å². The predicted octanol–water partition coefficient (Wildman–Crippen LogP) is 3.20. The third kappa shape index (κ3) is 9.80. The summed E-state index contributed by atoms with van der Waals surface area (Å²) in [6.07, 6.45) is 2.31. The molecule has 0 unspecified atom stereocenters. The van der Waals surface area contributed by atoms with E-state index in [-0.39, 0.29) is 6.04 Å². The van der Waals surface area contributed by atoms with Gasteiger partial charge in [-0.15, -0.1) is 0 Å². The third-order valence-corrected chi connectivity index (χ3v) is 2.78. The molecule has 1 aromatic rings. The van der Waals surface area contributed by atoms with E-state index in [0.717, 1.165) is 12.0 Å². The number of rotatable bonds is 7. The van der Waals surface area contributed by atoms with Crippen LogP contribution in [-0.2, 0) is 16.1 Å². The van der Waals surface area contributed by atoms with Crippen molar-refractivity contribution in [3.63, 3.8) is 0 Å². The molecule has 0 aliphatic heterocycles. The number of methoxy groups -OCH3 is 1. The number of alkyl carbamates (subject to hydrolysis) is 1. The fourth-order valence-corrected chi connectivity index (χ4v) is 1.68. The average Bonchev–Trinajstić information content (AvgIpc) is 2.53. The van der Waals surface area contributed by atoms with Crippen molar-refractivity contribution in [1.29, 1.82) is 0 Å². The zero-order chi connectivity index (χ0) is 16.8. The van der Waals surface area contributed by atoms with Gasteiger partial charge in [-0.25, -0.2) is 4.79 Å². The predicted molar refractivity (Wildman–Crippen MR) is 88.5 cm³/mol. The van der Waals surface area contributed by atoms with Crippen molar-refractivity contribution in [2.45, 2.75) is 46.2 Å². The lowest BCUT2D eigenvalue weighted by Gasteiger charge is -2.20. The number of nitrogens with zero attached hydrogens (tertiary/aromatic N) is 1.